The van der Waals surface area contributed by atoms with E-state index in [2.05, 4.69) is 17.4 Å². The summed E-state index contributed by atoms with van der Waals surface area (Å²) >= 11 is 5.54. The van der Waals surface area contributed by atoms with Crippen LogP contribution in [0.3, 0.4) is 0 Å². The first kappa shape index (κ1) is 14.7. The van der Waals surface area contributed by atoms with E-state index in [1.165, 1.54) is 10.8 Å². The molecule has 3 nitrogen and oxygen atoms in total. The number of fused-ring (bicyclic) bond motifs is 1. The lowest BCUT2D eigenvalue weighted by atomic mass is 10.0. The van der Waals surface area contributed by atoms with E-state index in [4.69, 9.17) is 16.3 Å². The van der Waals surface area contributed by atoms with Gasteiger partial charge in [0.1, 0.15) is 5.75 Å². The molecule has 0 atom stereocenters. The van der Waals surface area contributed by atoms with E-state index in [0.717, 1.165) is 17.7 Å². The zero-order chi connectivity index (χ0) is 14.4. The van der Waals surface area contributed by atoms with Gasteiger partial charge in [-0.25, -0.2) is 0 Å². The number of ether oxygens (including phenoxy) is 1. The molecule has 0 radical (unpaired) electrons. The number of amides is 1. The molecule has 106 valence electrons. The second-order valence-electron chi connectivity index (χ2n) is 4.51. The molecule has 0 unspecified atom stereocenters. The van der Waals surface area contributed by atoms with Gasteiger partial charge in [-0.3, -0.25) is 4.79 Å². The number of rotatable bonds is 6. The van der Waals surface area contributed by atoms with Crippen molar-refractivity contribution in [1.29, 1.82) is 0 Å². The molecule has 0 aliphatic heterocycles. The summed E-state index contributed by atoms with van der Waals surface area (Å²) in [5.41, 5.74) is 1.12. The zero-order valence-corrected chi connectivity index (χ0v) is 12.2. The molecule has 1 amide bonds. The standard InChI is InChI=1S/C16H18ClNO2/c1-20-15-7-6-12-4-2-3-5-13(12)14(15)9-11-18-16(19)8-10-17/h2-7H,8-11H2,1H3,(H,18,19). The van der Waals surface area contributed by atoms with E-state index < -0.39 is 0 Å². The number of hydrogen-bond acceptors (Lipinski definition) is 2. The number of carbonyl (C=O) groups is 1. The second-order valence-corrected chi connectivity index (χ2v) is 4.88. The van der Waals surface area contributed by atoms with Gasteiger partial charge >= 0.3 is 0 Å². The molecule has 0 heterocycles. The Hall–Kier alpha value is -1.74. The van der Waals surface area contributed by atoms with E-state index in [9.17, 15) is 4.79 Å². The first-order chi connectivity index (χ1) is 9.76. The minimum absolute atomic E-state index is 0.0146. The second kappa shape index (κ2) is 7.15. The van der Waals surface area contributed by atoms with Crippen LogP contribution in [0.4, 0.5) is 0 Å². The summed E-state index contributed by atoms with van der Waals surface area (Å²) in [6.45, 7) is 0.583. The van der Waals surface area contributed by atoms with Gasteiger partial charge in [-0.2, -0.15) is 0 Å². The van der Waals surface area contributed by atoms with Gasteiger partial charge in [0.2, 0.25) is 5.91 Å². The summed E-state index contributed by atoms with van der Waals surface area (Å²) in [4.78, 5) is 11.4. The number of nitrogens with one attached hydrogen (secondary N) is 1. The Morgan fingerprint density at radius 2 is 2.05 bits per heavy atom. The SMILES string of the molecule is COc1ccc2ccccc2c1CCNC(=O)CCCl. The lowest BCUT2D eigenvalue weighted by Gasteiger charge is -2.12. The van der Waals surface area contributed by atoms with Crippen molar-refractivity contribution >= 4 is 28.3 Å². The normalized spacial score (nSPS) is 10.5. The molecule has 2 aromatic carbocycles. The quantitative estimate of drug-likeness (QED) is 0.831. The summed E-state index contributed by atoms with van der Waals surface area (Å²) in [5.74, 6) is 1.19. The van der Waals surface area contributed by atoms with E-state index >= 15 is 0 Å². The molecule has 0 fully saturated rings. The predicted molar refractivity (Wildman–Crippen MR) is 82.6 cm³/mol. The molecule has 20 heavy (non-hydrogen) atoms. The molecule has 0 saturated carbocycles. The summed E-state index contributed by atoms with van der Waals surface area (Å²) in [7, 11) is 1.67. The van der Waals surface area contributed by atoms with Crippen LogP contribution >= 0.6 is 11.6 Å². The average molecular weight is 292 g/mol. The Kier molecular flexibility index (Phi) is 5.24. The fourth-order valence-corrected chi connectivity index (χ4v) is 2.44. The largest absolute Gasteiger partial charge is 0.496 e. The maximum Gasteiger partial charge on any atom is 0.221 e. The van der Waals surface area contributed by atoms with Crippen molar-refractivity contribution in [2.24, 2.45) is 0 Å². The molecule has 0 aromatic heterocycles. The van der Waals surface area contributed by atoms with Crippen LogP contribution in [-0.2, 0) is 11.2 Å². The number of methoxy groups -OCH3 is 1. The topological polar surface area (TPSA) is 38.3 Å². The van der Waals surface area contributed by atoms with Crippen LogP contribution in [0.2, 0.25) is 0 Å². The van der Waals surface area contributed by atoms with Crippen molar-refractivity contribution in [2.45, 2.75) is 12.8 Å². The molecular formula is C16H18ClNO2. The van der Waals surface area contributed by atoms with Crippen molar-refractivity contribution in [1.82, 2.24) is 5.32 Å². The predicted octanol–water partition coefficient (Wildman–Crippen LogP) is 3.14. The summed E-state index contributed by atoms with van der Waals surface area (Å²) in [6.07, 6.45) is 1.09. The van der Waals surface area contributed by atoms with Gasteiger partial charge < -0.3 is 10.1 Å². The van der Waals surface area contributed by atoms with Crippen LogP contribution in [0, 0.1) is 0 Å². The summed E-state index contributed by atoms with van der Waals surface area (Å²) in [5, 5.41) is 5.21. The number of alkyl halides is 1. The van der Waals surface area contributed by atoms with E-state index in [-0.39, 0.29) is 5.91 Å². The summed E-state index contributed by atoms with van der Waals surface area (Å²) in [6, 6.07) is 12.2. The van der Waals surface area contributed by atoms with Crippen LogP contribution in [0.25, 0.3) is 10.8 Å². The molecule has 0 aliphatic carbocycles. The molecule has 4 heteroatoms. The monoisotopic (exact) mass is 291 g/mol. The minimum Gasteiger partial charge on any atom is -0.496 e. The zero-order valence-electron chi connectivity index (χ0n) is 11.5. The van der Waals surface area contributed by atoms with Crippen molar-refractivity contribution in [3.8, 4) is 5.75 Å². The smallest absolute Gasteiger partial charge is 0.221 e. The first-order valence-electron chi connectivity index (χ1n) is 6.63. The Morgan fingerprint density at radius 3 is 2.80 bits per heavy atom. The van der Waals surface area contributed by atoms with Gasteiger partial charge in [0, 0.05) is 24.4 Å². The van der Waals surface area contributed by atoms with Gasteiger partial charge in [0.05, 0.1) is 7.11 Å². The molecule has 0 bridgehead atoms. The molecule has 2 aromatic rings. The lowest BCUT2D eigenvalue weighted by molar-refractivity contribution is -0.120. The number of benzene rings is 2. The third-order valence-corrected chi connectivity index (χ3v) is 3.43. The molecule has 0 saturated heterocycles. The van der Waals surface area contributed by atoms with Crippen molar-refractivity contribution in [2.75, 3.05) is 19.5 Å². The molecule has 2 rings (SSSR count). The van der Waals surface area contributed by atoms with Crippen LogP contribution in [0.5, 0.6) is 5.75 Å². The summed E-state index contributed by atoms with van der Waals surface area (Å²) < 4.78 is 5.42. The Balaban J connectivity index is 2.17. The van der Waals surface area contributed by atoms with E-state index in [1.807, 2.05) is 24.3 Å². The minimum atomic E-state index is -0.0146. The number of hydrogen-bond donors (Lipinski definition) is 1. The van der Waals surface area contributed by atoms with Gasteiger partial charge in [0.15, 0.2) is 0 Å². The van der Waals surface area contributed by atoms with Crippen LogP contribution in [0.1, 0.15) is 12.0 Å². The van der Waals surface area contributed by atoms with Gasteiger partial charge in [-0.05, 0) is 23.3 Å². The Labute approximate surface area is 123 Å². The van der Waals surface area contributed by atoms with Crippen LogP contribution < -0.4 is 10.1 Å². The van der Waals surface area contributed by atoms with Gasteiger partial charge in [-0.1, -0.05) is 30.3 Å². The maximum atomic E-state index is 11.4. The number of halogens is 1. The average Bonchev–Trinajstić information content (AvgIpc) is 2.47. The van der Waals surface area contributed by atoms with Gasteiger partial charge in [0.25, 0.3) is 0 Å². The van der Waals surface area contributed by atoms with Crippen LogP contribution in [-0.4, -0.2) is 25.4 Å². The lowest BCUT2D eigenvalue weighted by Crippen LogP contribution is -2.25. The van der Waals surface area contributed by atoms with E-state index in [1.54, 1.807) is 7.11 Å². The van der Waals surface area contributed by atoms with Crippen molar-refractivity contribution in [3.05, 3.63) is 42.0 Å². The van der Waals surface area contributed by atoms with Crippen molar-refractivity contribution in [3.63, 3.8) is 0 Å². The fraction of sp³-hybridized carbons (Fsp3) is 0.312. The van der Waals surface area contributed by atoms with E-state index in [0.29, 0.717) is 18.8 Å². The van der Waals surface area contributed by atoms with Crippen molar-refractivity contribution < 1.29 is 9.53 Å². The highest BCUT2D eigenvalue weighted by atomic mass is 35.5. The highest BCUT2D eigenvalue weighted by Gasteiger charge is 2.08. The molecule has 1 N–H and O–H groups in total. The number of carbonyl (C=O) groups excluding carboxylic acids is 1. The molecule has 0 aliphatic rings. The van der Waals surface area contributed by atoms with Crippen LogP contribution in [0.15, 0.2) is 36.4 Å². The Bertz CT molecular complexity index is 598. The fourth-order valence-electron chi connectivity index (χ4n) is 2.27. The first-order valence-corrected chi connectivity index (χ1v) is 7.17. The Morgan fingerprint density at radius 1 is 1.25 bits per heavy atom. The highest BCUT2D eigenvalue weighted by molar-refractivity contribution is 6.18. The third kappa shape index (κ3) is 3.42. The molecule has 0 spiro atoms. The third-order valence-electron chi connectivity index (χ3n) is 3.24. The highest BCUT2D eigenvalue weighted by Crippen LogP contribution is 2.28. The maximum absolute atomic E-state index is 11.4. The molecular weight excluding hydrogens is 274 g/mol. The van der Waals surface area contributed by atoms with Gasteiger partial charge in [-0.15, -0.1) is 11.6 Å².